The summed E-state index contributed by atoms with van der Waals surface area (Å²) in [5, 5.41) is 0. The molecule has 0 bridgehead atoms. The standard InChI is InChI=1S/C16H24N2O3/c1-15(2)9-18(10-16(3,4)21-15)11-6-7-13(17)12(8-11)14(19)20-5/h6-8H,9-10,17H2,1-5H3. The minimum absolute atomic E-state index is 0.255. The molecular weight excluding hydrogens is 268 g/mol. The van der Waals surface area contributed by atoms with E-state index in [1.165, 1.54) is 7.11 Å². The zero-order chi connectivity index (χ0) is 15.8. The van der Waals surface area contributed by atoms with Crippen molar-refractivity contribution in [2.24, 2.45) is 0 Å². The van der Waals surface area contributed by atoms with Crippen LogP contribution in [0.3, 0.4) is 0 Å². The molecule has 0 aromatic heterocycles. The number of benzene rings is 1. The van der Waals surface area contributed by atoms with Crippen molar-refractivity contribution in [2.45, 2.75) is 38.9 Å². The summed E-state index contributed by atoms with van der Waals surface area (Å²) < 4.78 is 10.9. The van der Waals surface area contributed by atoms with Gasteiger partial charge in [-0.25, -0.2) is 4.79 Å². The fourth-order valence-electron chi connectivity index (χ4n) is 3.00. The summed E-state index contributed by atoms with van der Waals surface area (Å²) >= 11 is 0. The molecule has 5 nitrogen and oxygen atoms in total. The Morgan fingerprint density at radius 3 is 2.33 bits per heavy atom. The molecular formula is C16H24N2O3. The average Bonchev–Trinajstić information content (AvgIpc) is 2.34. The van der Waals surface area contributed by atoms with Crippen LogP contribution in [0.2, 0.25) is 0 Å². The number of nitrogen functional groups attached to an aromatic ring is 1. The Morgan fingerprint density at radius 1 is 1.24 bits per heavy atom. The van der Waals surface area contributed by atoms with E-state index in [4.69, 9.17) is 15.2 Å². The van der Waals surface area contributed by atoms with Gasteiger partial charge in [0.1, 0.15) is 0 Å². The van der Waals surface area contributed by atoms with Crippen LogP contribution in [0, 0.1) is 0 Å². The Kier molecular flexibility index (Phi) is 3.89. The molecule has 0 aliphatic carbocycles. The van der Waals surface area contributed by atoms with E-state index in [1.807, 2.05) is 6.07 Å². The van der Waals surface area contributed by atoms with Crippen molar-refractivity contribution < 1.29 is 14.3 Å². The number of nitrogens with zero attached hydrogens (tertiary/aromatic N) is 1. The lowest BCUT2D eigenvalue weighted by molar-refractivity contribution is -0.133. The highest BCUT2D eigenvalue weighted by molar-refractivity contribution is 5.96. The third-order valence-corrected chi connectivity index (χ3v) is 3.50. The van der Waals surface area contributed by atoms with Crippen LogP contribution in [-0.4, -0.2) is 37.4 Å². The maximum atomic E-state index is 11.8. The molecule has 21 heavy (non-hydrogen) atoms. The molecule has 0 radical (unpaired) electrons. The van der Waals surface area contributed by atoms with E-state index in [0.717, 1.165) is 18.8 Å². The van der Waals surface area contributed by atoms with Crippen molar-refractivity contribution in [3.8, 4) is 0 Å². The third kappa shape index (κ3) is 3.47. The minimum Gasteiger partial charge on any atom is -0.465 e. The van der Waals surface area contributed by atoms with Gasteiger partial charge in [-0.1, -0.05) is 0 Å². The zero-order valence-corrected chi connectivity index (χ0v) is 13.4. The predicted octanol–water partition coefficient (Wildman–Crippen LogP) is 2.45. The number of carbonyl (C=O) groups is 1. The molecule has 1 aromatic rings. The molecule has 1 aliphatic rings. The zero-order valence-electron chi connectivity index (χ0n) is 13.4. The summed E-state index contributed by atoms with van der Waals surface area (Å²) in [6.45, 7) is 9.78. The number of carbonyl (C=O) groups excluding carboxylic acids is 1. The SMILES string of the molecule is COC(=O)c1cc(N2CC(C)(C)OC(C)(C)C2)ccc1N. The fourth-order valence-corrected chi connectivity index (χ4v) is 3.00. The lowest BCUT2D eigenvalue weighted by Gasteiger charge is -2.48. The maximum Gasteiger partial charge on any atom is 0.340 e. The Balaban J connectivity index is 2.35. The van der Waals surface area contributed by atoms with E-state index < -0.39 is 5.97 Å². The first-order valence-corrected chi connectivity index (χ1v) is 7.06. The molecule has 1 fully saturated rings. The van der Waals surface area contributed by atoms with Crippen LogP contribution in [0.25, 0.3) is 0 Å². The second-order valence-corrected chi connectivity index (χ2v) is 6.74. The number of methoxy groups -OCH3 is 1. The van der Waals surface area contributed by atoms with Gasteiger partial charge in [0, 0.05) is 24.5 Å². The van der Waals surface area contributed by atoms with Crippen molar-refractivity contribution in [1.82, 2.24) is 0 Å². The van der Waals surface area contributed by atoms with Crippen LogP contribution in [0.15, 0.2) is 18.2 Å². The Morgan fingerprint density at radius 2 is 1.81 bits per heavy atom. The van der Waals surface area contributed by atoms with Gasteiger partial charge >= 0.3 is 5.97 Å². The third-order valence-electron chi connectivity index (χ3n) is 3.50. The van der Waals surface area contributed by atoms with Gasteiger partial charge in [-0.15, -0.1) is 0 Å². The molecule has 5 heteroatoms. The van der Waals surface area contributed by atoms with Gasteiger partial charge in [0.2, 0.25) is 0 Å². The number of anilines is 2. The average molecular weight is 292 g/mol. The highest BCUT2D eigenvalue weighted by Crippen LogP contribution is 2.32. The first-order chi connectivity index (χ1) is 9.63. The van der Waals surface area contributed by atoms with E-state index >= 15 is 0 Å². The number of morpholine rings is 1. The monoisotopic (exact) mass is 292 g/mol. The van der Waals surface area contributed by atoms with E-state index in [2.05, 4.69) is 32.6 Å². The summed E-state index contributed by atoms with van der Waals surface area (Å²) in [7, 11) is 1.36. The first-order valence-electron chi connectivity index (χ1n) is 7.06. The van der Waals surface area contributed by atoms with Crippen molar-refractivity contribution in [1.29, 1.82) is 0 Å². The first kappa shape index (κ1) is 15.6. The number of esters is 1. The molecule has 0 saturated carbocycles. The van der Waals surface area contributed by atoms with Crippen molar-refractivity contribution in [3.05, 3.63) is 23.8 Å². The predicted molar refractivity (Wildman–Crippen MR) is 83.6 cm³/mol. The van der Waals surface area contributed by atoms with Gasteiger partial charge in [0.05, 0.1) is 23.9 Å². The van der Waals surface area contributed by atoms with Gasteiger partial charge in [-0.2, -0.15) is 0 Å². The molecule has 116 valence electrons. The Labute approximate surface area is 126 Å². The highest BCUT2D eigenvalue weighted by atomic mass is 16.5. The van der Waals surface area contributed by atoms with E-state index in [0.29, 0.717) is 11.3 Å². The Bertz CT molecular complexity index is 536. The molecule has 1 aliphatic heterocycles. The van der Waals surface area contributed by atoms with Crippen molar-refractivity contribution in [2.75, 3.05) is 30.8 Å². The fraction of sp³-hybridized carbons (Fsp3) is 0.562. The molecule has 2 N–H and O–H groups in total. The highest BCUT2D eigenvalue weighted by Gasteiger charge is 2.38. The molecule has 1 heterocycles. The summed E-state index contributed by atoms with van der Waals surface area (Å²) in [5.74, 6) is -0.416. The smallest absolute Gasteiger partial charge is 0.340 e. The van der Waals surface area contributed by atoms with Crippen molar-refractivity contribution >= 4 is 17.3 Å². The summed E-state index contributed by atoms with van der Waals surface area (Å²) in [4.78, 5) is 14.0. The van der Waals surface area contributed by atoms with Gasteiger partial charge in [0.25, 0.3) is 0 Å². The van der Waals surface area contributed by atoms with Crippen molar-refractivity contribution in [3.63, 3.8) is 0 Å². The lowest BCUT2D eigenvalue weighted by atomic mass is 9.98. The number of rotatable bonds is 2. The normalized spacial score (nSPS) is 20.1. The van der Waals surface area contributed by atoms with E-state index in [9.17, 15) is 4.79 Å². The van der Waals surface area contributed by atoms with Gasteiger partial charge in [-0.3, -0.25) is 0 Å². The quantitative estimate of drug-likeness (QED) is 0.670. The summed E-state index contributed by atoms with van der Waals surface area (Å²) in [6.07, 6.45) is 0. The molecule has 1 aromatic carbocycles. The van der Waals surface area contributed by atoms with E-state index in [-0.39, 0.29) is 11.2 Å². The number of nitrogens with two attached hydrogens (primary N) is 1. The number of hydrogen-bond acceptors (Lipinski definition) is 5. The topological polar surface area (TPSA) is 64.8 Å². The Hall–Kier alpha value is -1.75. The molecule has 0 unspecified atom stereocenters. The van der Waals surface area contributed by atoms with Gasteiger partial charge in [-0.05, 0) is 45.9 Å². The van der Waals surface area contributed by atoms with Gasteiger partial charge in [0.15, 0.2) is 0 Å². The molecule has 2 rings (SSSR count). The van der Waals surface area contributed by atoms with E-state index in [1.54, 1.807) is 12.1 Å². The van der Waals surface area contributed by atoms with Crippen LogP contribution >= 0.6 is 0 Å². The van der Waals surface area contributed by atoms with Crippen LogP contribution in [0.1, 0.15) is 38.1 Å². The van der Waals surface area contributed by atoms with Crippen LogP contribution in [-0.2, 0) is 9.47 Å². The minimum atomic E-state index is -0.416. The second kappa shape index (κ2) is 5.22. The van der Waals surface area contributed by atoms with Crippen LogP contribution in [0.5, 0.6) is 0 Å². The molecule has 0 atom stereocenters. The number of hydrogen-bond donors (Lipinski definition) is 1. The van der Waals surface area contributed by atoms with Crippen LogP contribution < -0.4 is 10.6 Å². The largest absolute Gasteiger partial charge is 0.465 e. The summed E-state index contributed by atoms with van der Waals surface area (Å²) in [6, 6.07) is 5.47. The molecule has 0 spiro atoms. The lowest BCUT2D eigenvalue weighted by Crippen LogP contribution is -2.57. The molecule has 0 amide bonds. The maximum absolute atomic E-state index is 11.8. The van der Waals surface area contributed by atoms with Crippen LogP contribution in [0.4, 0.5) is 11.4 Å². The summed E-state index contributed by atoms with van der Waals surface area (Å²) in [5.41, 5.74) is 7.13. The number of ether oxygens (including phenoxy) is 2. The van der Waals surface area contributed by atoms with Gasteiger partial charge < -0.3 is 20.1 Å². The molecule has 1 saturated heterocycles. The second-order valence-electron chi connectivity index (χ2n) is 6.74.